The fourth-order valence-corrected chi connectivity index (χ4v) is 3.42. The molecule has 0 saturated carbocycles. The summed E-state index contributed by atoms with van der Waals surface area (Å²) in [6, 6.07) is 2.63. The number of hydrogen-bond acceptors (Lipinski definition) is 6. The van der Waals surface area contributed by atoms with Crippen molar-refractivity contribution in [1.29, 1.82) is 0 Å². The molecule has 0 bridgehead atoms. The van der Waals surface area contributed by atoms with E-state index in [9.17, 15) is 17.8 Å². The molecule has 0 aliphatic carbocycles. The molecule has 0 atom stereocenters. The van der Waals surface area contributed by atoms with E-state index in [1.54, 1.807) is 0 Å². The molecule has 6 nitrogen and oxygen atoms in total. The van der Waals surface area contributed by atoms with Gasteiger partial charge in [-0.05, 0) is 18.6 Å². The van der Waals surface area contributed by atoms with Crippen LogP contribution in [0.2, 0.25) is 0 Å². The number of carbonyl (C=O) groups is 1. The average molecular weight is 425 g/mol. The summed E-state index contributed by atoms with van der Waals surface area (Å²) < 4.78 is 42.1. The molecule has 1 heterocycles. The minimum Gasteiger partial charge on any atom is -0.748 e. The number of furan rings is 1. The Morgan fingerprint density at radius 2 is 1.43 bits per heavy atom. The number of unbranched alkanes of at least 4 members (excludes halogenated alkanes) is 11. The van der Waals surface area contributed by atoms with Crippen LogP contribution in [0, 0.1) is 0 Å². The zero-order chi connectivity index (χ0) is 20.0. The third-order valence-electron chi connectivity index (χ3n) is 4.41. The van der Waals surface area contributed by atoms with Crippen molar-refractivity contribution in [3.8, 4) is 0 Å². The van der Waals surface area contributed by atoms with Crippen LogP contribution in [-0.4, -0.2) is 25.5 Å². The van der Waals surface area contributed by atoms with Gasteiger partial charge >= 0.3 is 35.5 Å². The molecule has 0 amide bonds. The van der Waals surface area contributed by atoms with Crippen molar-refractivity contribution >= 4 is 16.1 Å². The van der Waals surface area contributed by atoms with E-state index >= 15 is 0 Å². The van der Waals surface area contributed by atoms with Gasteiger partial charge in [-0.3, -0.25) is 0 Å². The van der Waals surface area contributed by atoms with E-state index in [1.165, 1.54) is 69.9 Å². The van der Waals surface area contributed by atoms with E-state index < -0.39 is 21.8 Å². The Morgan fingerprint density at radius 3 is 1.93 bits per heavy atom. The Balaban J connectivity index is 0.00000729. The summed E-state index contributed by atoms with van der Waals surface area (Å²) >= 11 is 0. The van der Waals surface area contributed by atoms with Gasteiger partial charge < -0.3 is 13.7 Å². The van der Waals surface area contributed by atoms with Crippen LogP contribution in [0.1, 0.15) is 100 Å². The van der Waals surface area contributed by atoms with Gasteiger partial charge in [-0.1, -0.05) is 77.6 Å². The van der Waals surface area contributed by atoms with Crippen LogP contribution in [0.3, 0.4) is 0 Å². The Kier molecular flexibility index (Phi) is 16.3. The average Bonchev–Trinajstić information content (AvgIpc) is 3.05. The van der Waals surface area contributed by atoms with E-state index in [0.717, 1.165) is 19.3 Å². The van der Waals surface area contributed by atoms with Crippen LogP contribution >= 0.6 is 0 Å². The van der Waals surface area contributed by atoms with Crippen LogP contribution in [0.4, 0.5) is 0 Å². The molecule has 1 aromatic heterocycles. The van der Waals surface area contributed by atoms with Crippen molar-refractivity contribution in [1.82, 2.24) is 0 Å². The van der Waals surface area contributed by atoms with E-state index in [0.29, 0.717) is 6.61 Å². The molecule has 0 radical (unpaired) electrons. The van der Waals surface area contributed by atoms with Crippen molar-refractivity contribution in [2.45, 2.75) is 89.7 Å². The molecule has 0 fully saturated rings. The molecule has 0 spiro atoms. The van der Waals surface area contributed by atoms with E-state index in [4.69, 9.17) is 9.15 Å². The van der Waals surface area contributed by atoms with Gasteiger partial charge in [0, 0.05) is 0 Å². The predicted molar refractivity (Wildman–Crippen MR) is 103 cm³/mol. The number of rotatable bonds is 16. The maximum atomic E-state index is 11.8. The minimum absolute atomic E-state index is 0. The third-order valence-corrected chi connectivity index (χ3v) is 5.05. The van der Waals surface area contributed by atoms with E-state index in [-0.39, 0.29) is 41.1 Å². The summed E-state index contributed by atoms with van der Waals surface area (Å²) in [5.41, 5.74) is 0. The summed E-state index contributed by atoms with van der Waals surface area (Å²) in [7, 11) is -4.43. The number of esters is 1. The fraction of sp³-hybridized carbons (Fsp3) is 0.750. The molecule has 0 unspecified atom stereocenters. The van der Waals surface area contributed by atoms with Gasteiger partial charge in [-0.15, -0.1) is 0 Å². The van der Waals surface area contributed by atoms with E-state index in [1.807, 2.05) is 0 Å². The van der Waals surface area contributed by atoms with Crippen LogP contribution in [0.15, 0.2) is 16.5 Å². The third kappa shape index (κ3) is 14.6. The van der Waals surface area contributed by atoms with Crippen molar-refractivity contribution in [3.63, 3.8) is 0 Å². The molecule has 156 valence electrons. The smallest absolute Gasteiger partial charge is 0.748 e. The first kappa shape index (κ1) is 27.7. The van der Waals surface area contributed by atoms with Crippen LogP contribution in [0.25, 0.3) is 0 Å². The second kappa shape index (κ2) is 16.5. The van der Waals surface area contributed by atoms with Gasteiger partial charge in [0.05, 0.1) is 12.4 Å². The topological polar surface area (TPSA) is 96.6 Å². The van der Waals surface area contributed by atoms with Gasteiger partial charge in [0.15, 0.2) is 0 Å². The molecule has 0 aliphatic rings. The van der Waals surface area contributed by atoms with Crippen molar-refractivity contribution in [2.75, 3.05) is 6.61 Å². The summed E-state index contributed by atoms with van der Waals surface area (Å²) in [6.45, 7) is 2.55. The Bertz CT molecular complexity index is 626. The maximum absolute atomic E-state index is 11.8. The molecular formula is C20H33NaO6S. The molecule has 8 heteroatoms. The SMILES string of the molecule is CCCCCCCCCCCCCCOC(=O)c1ccc(CS(=O)(=O)[O-])o1.[Na+]. The molecule has 0 N–H and O–H groups in total. The summed E-state index contributed by atoms with van der Waals surface area (Å²) in [5, 5.41) is 0. The van der Waals surface area contributed by atoms with E-state index in [2.05, 4.69) is 6.92 Å². The molecule has 28 heavy (non-hydrogen) atoms. The zero-order valence-corrected chi connectivity index (χ0v) is 20.2. The van der Waals surface area contributed by atoms with Gasteiger partial charge in [0.1, 0.15) is 15.9 Å². The Labute approximate surface area is 191 Å². The van der Waals surface area contributed by atoms with Gasteiger partial charge in [0.25, 0.3) is 0 Å². The Morgan fingerprint density at radius 1 is 0.929 bits per heavy atom. The van der Waals surface area contributed by atoms with Gasteiger partial charge in [-0.2, -0.15) is 0 Å². The van der Waals surface area contributed by atoms with Crippen LogP contribution in [0.5, 0.6) is 0 Å². The maximum Gasteiger partial charge on any atom is 1.00 e. The molecule has 1 rings (SSSR count). The van der Waals surface area contributed by atoms with Crippen molar-refractivity contribution < 1.29 is 56.5 Å². The fourth-order valence-electron chi connectivity index (χ4n) is 2.92. The second-order valence-corrected chi connectivity index (χ2v) is 8.40. The largest absolute Gasteiger partial charge is 1.00 e. The van der Waals surface area contributed by atoms with Crippen LogP contribution < -0.4 is 29.6 Å². The zero-order valence-electron chi connectivity index (χ0n) is 17.4. The molecule has 0 saturated heterocycles. The summed E-state index contributed by atoms with van der Waals surface area (Å²) in [4.78, 5) is 11.8. The van der Waals surface area contributed by atoms with Crippen LogP contribution in [-0.2, 0) is 20.6 Å². The second-order valence-electron chi connectivity index (χ2n) is 6.99. The standard InChI is InChI=1S/C20H34O6S.Na/c1-2-3-4-5-6-7-8-9-10-11-12-13-16-25-20(21)19-15-14-18(26-19)17-27(22,23)24;/h14-15H,2-13,16-17H2,1H3,(H,22,23,24);/q;+1/p-1. The van der Waals surface area contributed by atoms with Crippen molar-refractivity contribution in [3.05, 3.63) is 23.7 Å². The first-order valence-electron chi connectivity index (χ1n) is 10.1. The molecule has 1 aromatic rings. The quantitative estimate of drug-likeness (QED) is 0.175. The number of ether oxygens (including phenoxy) is 1. The summed E-state index contributed by atoms with van der Waals surface area (Å²) in [5.74, 6) is -1.53. The summed E-state index contributed by atoms with van der Waals surface area (Å²) in [6.07, 6.45) is 14.8. The number of carbonyl (C=O) groups excluding carboxylic acids is 1. The Hall–Kier alpha value is -0.340. The van der Waals surface area contributed by atoms with Gasteiger partial charge in [-0.25, -0.2) is 13.2 Å². The normalized spacial score (nSPS) is 11.2. The minimum atomic E-state index is -4.43. The predicted octanol–water partition coefficient (Wildman–Crippen LogP) is 2.19. The van der Waals surface area contributed by atoms with Gasteiger partial charge in [0.2, 0.25) is 5.76 Å². The van der Waals surface area contributed by atoms with Crippen molar-refractivity contribution in [2.24, 2.45) is 0 Å². The first-order chi connectivity index (χ1) is 12.9. The monoisotopic (exact) mass is 424 g/mol. The molecule has 0 aromatic carbocycles. The first-order valence-corrected chi connectivity index (χ1v) is 11.7. The molecule has 0 aliphatic heterocycles. The molecular weight excluding hydrogens is 391 g/mol. The number of hydrogen-bond donors (Lipinski definition) is 0.